The number of rotatable bonds is 15. The first kappa shape index (κ1) is 38.1. The summed E-state index contributed by atoms with van der Waals surface area (Å²) < 4.78 is 5.29. The second-order valence-corrected chi connectivity index (χ2v) is 14.5. The molecule has 4 N–H and O–H groups in total. The average Bonchev–Trinajstić information content (AvgIpc) is 3.43. The Bertz CT molecular complexity index is 1500. The first-order chi connectivity index (χ1) is 23.6. The number of likely N-dealkylation sites (tertiary alicyclic amines) is 1. The molecule has 2 aliphatic carbocycles. The molecule has 4 rings (SSSR count). The number of urea groups is 1. The Balaban J connectivity index is 1.58. The topological polar surface area (TPSA) is 166 Å². The molecule has 6 atom stereocenters. The second-order valence-electron chi connectivity index (χ2n) is 14.5. The van der Waals surface area contributed by atoms with Gasteiger partial charge in [0.05, 0.1) is 12.1 Å². The fourth-order valence-electron chi connectivity index (χ4n) is 7.36. The molecule has 13 nitrogen and oxygen atoms in total. The zero-order valence-electron chi connectivity index (χ0n) is 30.0. The van der Waals surface area contributed by atoms with Gasteiger partial charge in [0.15, 0.2) is 0 Å². The van der Waals surface area contributed by atoms with Gasteiger partial charge in [0.1, 0.15) is 18.7 Å². The molecule has 0 aromatic heterocycles. The first-order valence-electron chi connectivity index (χ1n) is 17.3. The highest BCUT2D eigenvalue weighted by Gasteiger charge is 2.69. The molecule has 0 bridgehead atoms. The summed E-state index contributed by atoms with van der Waals surface area (Å²) in [5.41, 5.74) is 2.51. The molecule has 0 spiro atoms. The normalized spacial score (nSPS) is 21.7. The Hall–Kier alpha value is -4.68. The van der Waals surface area contributed by atoms with Gasteiger partial charge < -0.3 is 35.8 Å². The van der Waals surface area contributed by atoms with E-state index in [9.17, 15) is 28.8 Å². The molecule has 1 aromatic rings. The Labute approximate surface area is 294 Å². The van der Waals surface area contributed by atoms with Gasteiger partial charge in [-0.25, -0.2) is 9.59 Å². The SMILES string of the molecule is C=CCNC(=O)C(=O)C(CCC)NC(=O)[C@@H]1[C@@H]2[C@H](CN1C(=O)[C@@H](NC(=O)N[C@H](COC(=O)N(C)C)C(=C)C)C1Cc3ccccc3C1)C2(C)C. The number of carbonyl (C=O) groups excluding carboxylic acids is 6. The van der Waals surface area contributed by atoms with E-state index in [4.69, 9.17) is 4.74 Å². The smallest absolute Gasteiger partial charge is 0.409 e. The van der Waals surface area contributed by atoms with Crippen molar-refractivity contribution in [1.29, 1.82) is 0 Å². The van der Waals surface area contributed by atoms with E-state index in [-0.39, 0.29) is 42.7 Å². The summed E-state index contributed by atoms with van der Waals surface area (Å²) >= 11 is 0. The van der Waals surface area contributed by atoms with Crippen molar-refractivity contribution in [1.82, 2.24) is 31.1 Å². The number of Topliss-reactive ketones (excluding diaryl/α,β-unsaturated/α-hetero) is 1. The van der Waals surface area contributed by atoms with E-state index < -0.39 is 59.8 Å². The summed E-state index contributed by atoms with van der Waals surface area (Å²) in [5.74, 6) is -2.87. The lowest BCUT2D eigenvalue weighted by atomic mass is 9.93. The van der Waals surface area contributed by atoms with Crippen LogP contribution in [0.5, 0.6) is 0 Å². The van der Waals surface area contributed by atoms with Crippen molar-refractivity contribution in [2.75, 3.05) is 33.8 Å². The van der Waals surface area contributed by atoms with Crippen molar-refractivity contribution < 1.29 is 33.5 Å². The van der Waals surface area contributed by atoms with Gasteiger partial charge in [0.25, 0.3) is 5.91 Å². The van der Waals surface area contributed by atoms with Gasteiger partial charge in [0, 0.05) is 27.2 Å². The average molecular weight is 693 g/mol. The van der Waals surface area contributed by atoms with Crippen LogP contribution in [0.1, 0.15) is 51.7 Å². The molecule has 13 heteroatoms. The van der Waals surface area contributed by atoms with Gasteiger partial charge >= 0.3 is 12.1 Å². The first-order valence-corrected chi connectivity index (χ1v) is 17.3. The maximum atomic E-state index is 14.7. The molecule has 0 radical (unpaired) electrons. The van der Waals surface area contributed by atoms with Gasteiger partial charge in [-0.2, -0.15) is 0 Å². The number of piperidine rings is 1. The number of ketones is 1. The molecular formula is C37H52N6O7. The van der Waals surface area contributed by atoms with Crippen molar-refractivity contribution in [3.8, 4) is 0 Å². The summed E-state index contributed by atoms with van der Waals surface area (Å²) in [6.07, 6.45) is 2.78. The third-order valence-electron chi connectivity index (χ3n) is 10.3. The van der Waals surface area contributed by atoms with Gasteiger partial charge in [-0.05, 0) is 60.5 Å². The van der Waals surface area contributed by atoms with Crippen LogP contribution in [0.2, 0.25) is 0 Å². The van der Waals surface area contributed by atoms with Gasteiger partial charge in [-0.1, -0.05) is 69.7 Å². The third-order valence-corrected chi connectivity index (χ3v) is 10.3. The molecule has 1 aliphatic heterocycles. The van der Waals surface area contributed by atoms with Crippen molar-refractivity contribution in [2.45, 2.75) is 77.5 Å². The minimum absolute atomic E-state index is 0.0489. The van der Waals surface area contributed by atoms with Gasteiger partial charge in [-0.15, -0.1) is 6.58 Å². The van der Waals surface area contributed by atoms with E-state index in [1.807, 2.05) is 31.2 Å². The van der Waals surface area contributed by atoms with Crippen molar-refractivity contribution in [2.24, 2.45) is 23.2 Å². The van der Waals surface area contributed by atoms with Crippen LogP contribution < -0.4 is 21.3 Å². The number of carbonyl (C=O) groups is 6. The Morgan fingerprint density at radius 1 is 1.04 bits per heavy atom. The molecule has 1 aromatic carbocycles. The number of ether oxygens (including phenoxy) is 1. The lowest BCUT2D eigenvalue weighted by Crippen LogP contribution is -2.61. The Morgan fingerprint density at radius 2 is 1.68 bits per heavy atom. The van der Waals surface area contributed by atoms with Gasteiger partial charge in [0.2, 0.25) is 17.6 Å². The molecule has 1 unspecified atom stereocenters. The highest BCUT2D eigenvalue weighted by Crippen LogP contribution is 2.65. The Kier molecular flexibility index (Phi) is 12.1. The highest BCUT2D eigenvalue weighted by atomic mass is 16.6. The van der Waals surface area contributed by atoms with E-state index in [2.05, 4.69) is 48.3 Å². The summed E-state index contributed by atoms with van der Waals surface area (Å²) in [5, 5.41) is 11.0. The zero-order chi connectivity index (χ0) is 36.9. The molecule has 2 fully saturated rings. The van der Waals surface area contributed by atoms with Crippen LogP contribution in [0.4, 0.5) is 9.59 Å². The number of nitrogens with one attached hydrogen (secondary N) is 4. The molecule has 272 valence electrons. The van der Waals surface area contributed by atoms with E-state index >= 15 is 0 Å². The third kappa shape index (κ3) is 8.36. The second kappa shape index (κ2) is 15.9. The summed E-state index contributed by atoms with van der Waals surface area (Å²) in [7, 11) is 3.10. The molecule has 1 heterocycles. The van der Waals surface area contributed by atoms with E-state index in [1.165, 1.54) is 11.0 Å². The van der Waals surface area contributed by atoms with Crippen molar-refractivity contribution >= 4 is 35.6 Å². The lowest BCUT2D eigenvalue weighted by molar-refractivity contribution is -0.144. The van der Waals surface area contributed by atoms with E-state index in [0.717, 1.165) is 11.1 Å². The molecular weight excluding hydrogens is 640 g/mol. The largest absolute Gasteiger partial charge is 0.447 e. The summed E-state index contributed by atoms with van der Waals surface area (Å²) in [6.45, 7) is 15.4. The molecule has 6 amide bonds. The van der Waals surface area contributed by atoms with Crippen LogP contribution in [0.15, 0.2) is 49.1 Å². The Morgan fingerprint density at radius 3 is 2.24 bits per heavy atom. The predicted molar refractivity (Wildman–Crippen MR) is 188 cm³/mol. The van der Waals surface area contributed by atoms with Crippen molar-refractivity contribution in [3.63, 3.8) is 0 Å². The van der Waals surface area contributed by atoms with Crippen LogP contribution >= 0.6 is 0 Å². The fourth-order valence-corrected chi connectivity index (χ4v) is 7.36. The maximum Gasteiger partial charge on any atom is 0.409 e. The number of benzene rings is 1. The van der Waals surface area contributed by atoms with E-state index in [1.54, 1.807) is 25.9 Å². The lowest BCUT2D eigenvalue weighted by Gasteiger charge is -2.35. The van der Waals surface area contributed by atoms with E-state index in [0.29, 0.717) is 31.4 Å². The summed E-state index contributed by atoms with van der Waals surface area (Å²) in [4.78, 5) is 82.8. The number of nitrogens with zero attached hydrogens (tertiary/aromatic N) is 2. The monoisotopic (exact) mass is 692 g/mol. The maximum absolute atomic E-state index is 14.7. The highest BCUT2D eigenvalue weighted by molar-refractivity contribution is 6.38. The van der Waals surface area contributed by atoms with Crippen LogP contribution in [0.25, 0.3) is 0 Å². The standard InChI is InChI=1S/C37H52N6O7/c1-9-13-26(31(44)33(46)38-16-10-2)39-32(45)30-28-25(37(28,5)6)19-43(30)34(47)29(24-17-22-14-11-12-15-23(22)18-24)41-35(48)40-27(21(3)4)20-50-36(49)42(7)8/h10-12,14-15,24-30H,2-3,9,13,16-20H2,1,4-8H3,(H,38,46)(H,39,45)(H2,40,41,48)/t25-,26?,27+,28-,29-,30-/m0/s1. The predicted octanol–water partition coefficient (Wildman–Crippen LogP) is 2.35. The van der Waals surface area contributed by atoms with Crippen LogP contribution in [0, 0.1) is 23.2 Å². The number of amides is 6. The quantitative estimate of drug-likeness (QED) is 0.162. The summed E-state index contributed by atoms with van der Waals surface area (Å²) in [6, 6.07) is 3.59. The zero-order valence-corrected chi connectivity index (χ0v) is 30.0. The van der Waals surface area contributed by atoms with Crippen molar-refractivity contribution in [3.05, 3.63) is 60.2 Å². The van der Waals surface area contributed by atoms with Crippen LogP contribution in [0.3, 0.4) is 0 Å². The number of hydrogen-bond acceptors (Lipinski definition) is 7. The van der Waals surface area contributed by atoms with Crippen LogP contribution in [-0.2, 0) is 36.8 Å². The molecule has 1 saturated heterocycles. The fraction of sp³-hybridized carbons (Fsp3) is 0.568. The van der Waals surface area contributed by atoms with Crippen LogP contribution in [-0.4, -0.2) is 103 Å². The number of fused-ring (bicyclic) bond motifs is 2. The molecule has 1 saturated carbocycles. The van der Waals surface area contributed by atoms with Gasteiger partial charge in [-0.3, -0.25) is 19.2 Å². The number of hydrogen-bond donors (Lipinski definition) is 4. The molecule has 3 aliphatic rings. The molecule has 50 heavy (non-hydrogen) atoms. The minimum Gasteiger partial charge on any atom is -0.447 e. The minimum atomic E-state index is -1.06.